The van der Waals surface area contributed by atoms with E-state index in [9.17, 15) is 14.4 Å². The molecule has 4 rings (SSSR count). The fourth-order valence-corrected chi connectivity index (χ4v) is 4.27. The van der Waals surface area contributed by atoms with E-state index in [1.165, 1.54) is 7.11 Å². The van der Waals surface area contributed by atoms with Crippen LogP contribution in [0.5, 0.6) is 0 Å². The zero-order valence-electron chi connectivity index (χ0n) is 17.8. The first kappa shape index (κ1) is 20.7. The highest BCUT2D eigenvalue weighted by molar-refractivity contribution is 6.05. The Balaban J connectivity index is 1.73. The van der Waals surface area contributed by atoms with Gasteiger partial charge in [0.15, 0.2) is 0 Å². The van der Waals surface area contributed by atoms with Crippen molar-refractivity contribution in [2.75, 3.05) is 7.11 Å². The molecule has 0 bridgehead atoms. The molecule has 0 radical (unpaired) electrons. The van der Waals surface area contributed by atoms with Gasteiger partial charge in [-0.1, -0.05) is 48.5 Å². The number of hydrogen-bond acceptors (Lipinski definition) is 4. The highest BCUT2D eigenvalue weighted by atomic mass is 16.5. The first-order valence-corrected chi connectivity index (χ1v) is 10.2. The van der Waals surface area contributed by atoms with E-state index in [4.69, 9.17) is 4.74 Å². The largest absolute Gasteiger partial charge is 0.452 e. The third kappa shape index (κ3) is 3.67. The van der Waals surface area contributed by atoms with E-state index in [0.717, 1.165) is 26.9 Å². The van der Waals surface area contributed by atoms with Crippen molar-refractivity contribution in [3.8, 4) is 0 Å². The van der Waals surface area contributed by atoms with Gasteiger partial charge in [-0.15, -0.1) is 0 Å². The van der Waals surface area contributed by atoms with Crippen molar-refractivity contribution in [2.24, 2.45) is 7.05 Å². The summed E-state index contributed by atoms with van der Waals surface area (Å²) < 4.78 is 6.84. The number of rotatable bonds is 4. The van der Waals surface area contributed by atoms with E-state index in [2.05, 4.69) is 0 Å². The zero-order valence-corrected chi connectivity index (χ0v) is 17.8. The maximum Gasteiger partial charge on any atom is 0.417 e. The molecule has 3 aromatic rings. The van der Waals surface area contributed by atoms with Crippen LogP contribution in [0.3, 0.4) is 0 Å². The molecule has 0 aliphatic carbocycles. The number of aryl methyl sites for hydroxylation is 1. The van der Waals surface area contributed by atoms with Gasteiger partial charge in [-0.05, 0) is 24.1 Å². The molecule has 2 heterocycles. The van der Waals surface area contributed by atoms with E-state index in [1.807, 2.05) is 72.4 Å². The summed E-state index contributed by atoms with van der Waals surface area (Å²) in [5, 5.41) is 0.989. The number of para-hydroxylation sites is 1. The van der Waals surface area contributed by atoms with Crippen LogP contribution in [0.15, 0.2) is 60.8 Å². The van der Waals surface area contributed by atoms with Crippen LogP contribution in [0.25, 0.3) is 10.9 Å². The molecule has 0 spiro atoms. The molecule has 0 saturated carbocycles. The molecule has 1 aliphatic heterocycles. The second kappa shape index (κ2) is 8.26. The third-order valence-corrected chi connectivity index (χ3v) is 5.90. The van der Waals surface area contributed by atoms with E-state index in [1.54, 1.807) is 11.8 Å². The Labute approximate surface area is 180 Å². The van der Waals surface area contributed by atoms with Gasteiger partial charge in [0.2, 0.25) is 5.91 Å². The summed E-state index contributed by atoms with van der Waals surface area (Å²) in [6, 6.07) is 15.6. The number of aromatic nitrogens is 1. The number of piperazine rings is 1. The standard InChI is InChI=1S/C24H25N3O4/c1-16-22(28)27(24(30)31-3)21(23(29)26(16)14-17-9-5-4-6-10-17)13-18-15-25(2)20-12-8-7-11-19(18)20/h4-12,15-16,21H,13-14H2,1-3H3/t16-,21-/m0/s1. The molecule has 3 amide bonds. The van der Waals surface area contributed by atoms with Crippen LogP contribution < -0.4 is 0 Å². The second-order valence-electron chi connectivity index (χ2n) is 7.81. The van der Waals surface area contributed by atoms with Gasteiger partial charge in [0.05, 0.1) is 7.11 Å². The molecular formula is C24H25N3O4. The first-order chi connectivity index (χ1) is 14.9. The molecule has 7 heteroatoms. The Hall–Kier alpha value is -3.61. The number of fused-ring (bicyclic) bond motifs is 1. The lowest BCUT2D eigenvalue weighted by molar-refractivity contribution is -0.159. The lowest BCUT2D eigenvalue weighted by atomic mass is 9.97. The monoisotopic (exact) mass is 419 g/mol. The lowest BCUT2D eigenvalue weighted by Crippen LogP contribution is -2.65. The van der Waals surface area contributed by atoms with Crippen molar-refractivity contribution in [1.29, 1.82) is 0 Å². The highest BCUT2D eigenvalue weighted by Gasteiger charge is 2.47. The maximum absolute atomic E-state index is 13.6. The van der Waals surface area contributed by atoms with Crippen LogP contribution in [0.2, 0.25) is 0 Å². The SMILES string of the molecule is COC(=O)N1C(=O)[C@H](C)N(Cc2ccccc2)C(=O)[C@@H]1Cc1cn(C)c2ccccc12. The van der Waals surface area contributed by atoms with Gasteiger partial charge >= 0.3 is 6.09 Å². The fourth-order valence-electron chi connectivity index (χ4n) is 4.27. The Bertz CT molecular complexity index is 1140. The van der Waals surface area contributed by atoms with Crippen molar-refractivity contribution >= 4 is 28.8 Å². The zero-order chi connectivity index (χ0) is 22.1. The molecular weight excluding hydrogens is 394 g/mol. The highest BCUT2D eigenvalue weighted by Crippen LogP contribution is 2.28. The van der Waals surface area contributed by atoms with Crippen LogP contribution in [0.4, 0.5) is 4.79 Å². The lowest BCUT2D eigenvalue weighted by Gasteiger charge is -2.42. The summed E-state index contributed by atoms with van der Waals surface area (Å²) in [5.41, 5.74) is 2.84. The van der Waals surface area contributed by atoms with Gasteiger partial charge in [0.25, 0.3) is 5.91 Å². The Morgan fingerprint density at radius 3 is 2.39 bits per heavy atom. The summed E-state index contributed by atoms with van der Waals surface area (Å²) in [7, 11) is 3.15. The van der Waals surface area contributed by atoms with Gasteiger partial charge in [-0.25, -0.2) is 9.69 Å². The average molecular weight is 419 g/mol. The molecule has 1 fully saturated rings. The molecule has 1 saturated heterocycles. The van der Waals surface area contributed by atoms with E-state index < -0.39 is 24.1 Å². The average Bonchev–Trinajstić information content (AvgIpc) is 3.11. The number of nitrogens with zero attached hydrogens (tertiary/aromatic N) is 3. The minimum atomic E-state index is -0.967. The van der Waals surface area contributed by atoms with Crippen LogP contribution in [-0.4, -0.2) is 51.5 Å². The van der Waals surface area contributed by atoms with Crippen LogP contribution >= 0.6 is 0 Å². The number of amides is 3. The Morgan fingerprint density at radius 2 is 1.68 bits per heavy atom. The summed E-state index contributed by atoms with van der Waals surface area (Å²) in [4.78, 5) is 41.8. The smallest absolute Gasteiger partial charge is 0.417 e. The second-order valence-corrected chi connectivity index (χ2v) is 7.81. The van der Waals surface area contributed by atoms with E-state index in [-0.39, 0.29) is 12.3 Å². The molecule has 31 heavy (non-hydrogen) atoms. The van der Waals surface area contributed by atoms with Gasteiger partial charge in [-0.2, -0.15) is 0 Å². The van der Waals surface area contributed by atoms with Crippen molar-refractivity contribution in [1.82, 2.24) is 14.4 Å². The summed E-state index contributed by atoms with van der Waals surface area (Å²) in [6.07, 6.45) is 1.35. The maximum atomic E-state index is 13.6. The first-order valence-electron chi connectivity index (χ1n) is 10.2. The molecule has 2 aromatic carbocycles. The van der Waals surface area contributed by atoms with Crippen molar-refractivity contribution in [3.05, 3.63) is 71.9 Å². The van der Waals surface area contributed by atoms with Crippen molar-refractivity contribution in [2.45, 2.75) is 32.0 Å². The number of ether oxygens (including phenoxy) is 1. The number of hydrogen-bond donors (Lipinski definition) is 0. The molecule has 0 unspecified atom stereocenters. The van der Waals surface area contributed by atoms with Crippen LogP contribution in [0.1, 0.15) is 18.1 Å². The summed E-state index contributed by atoms with van der Waals surface area (Å²) >= 11 is 0. The predicted molar refractivity (Wildman–Crippen MR) is 116 cm³/mol. The third-order valence-electron chi connectivity index (χ3n) is 5.90. The van der Waals surface area contributed by atoms with Gasteiger partial charge in [0, 0.05) is 37.1 Å². The number of benzene rings is 2. The van der Waals surface area contributed by atoms with Gasteiger partial charge in [-0.3, -0.25) is 9.59 Å². The van der Waals surface area contributed by atoms with Gasteiger partial charge in [0.1, 0.15) is 12.1 Å². The quantitative estimate of drug-likeness (QED) is 0.652. The molecule has 1 aromatic heterocycles. The minimum Gasteiger partial charge on any atom is -0.452 e. The molecule has 2 atom stereocenters. The van der Waals surface area contributed by atoms with E-state index >= 15 is 0 Å². The van der Waals surface area contributed by atoms with Crippen molar-refractivity contribution < 1.29 is 19.1 Å². The van der Waals surface area contributed by atoms with E-state index in [0.29, 0.717) is 6.54 Å². The van der Waals surface area contributed by atoms with Crippen LogP contribution in [-0.2, 0) is 34.3 Å². The van der Waals surface area contributed by atoms with Crippen molar-refractivity contribution in [3.63, 3.8) is 0 Å². The molecule has 1 aliphatic rings. The summed E-state index contributed by atoms with van der Waals surface area (Å²) in [6.45, 7) is 1.95. The normalized spacial score (nSPS) is 19.2. The number of carbonyl (C=O) groups excluding carboxylic acids is 3. The predicted octanol–water partition coefficient (Wildman–Crippen LogP) is 3.12. The van der Waals surface area contributed by atoms with Gasteiger partial charge < -0.3 is 14.2 Å². The Morgan fingerprint density at radius 1 is 1.00 bits per heavy atom. The minimum absolute atomic E-state index is 0.221. The summed E-state index contributed by atoms with van der Waals surface area (Å²) in [5.74, 6) is -0.707. The molecule has 0 N–H and O–H groups in total. The van der Waals surface area contributed by atoms with Crippen LogP contribution in [0, 0.1) is 0 Å². The fraction of sp³-hybridized carbons (Fsp3) is 0.292. The number of carbonyl (C=O) groups is 3. The Kier molecular flexibility index (Phi) is 5.50. The topological polar surface area (TPSA) is 71.8 Å². The molecule has 160 valence electrons. The molecule has 7 nitrogen and oxygen atoms in total. The number of imide groups is 1. The number of methoxy groups -OCH3 is 1.